The molecule has 0 aliphatic heterocycles. The van der Waals surface area contributed by atoms with Crippen molar-refractivity contribution in [1.82, 2.24) is 0 Å². The average molecular weight is 302 g/mol. The molecule has 0 radical (unpaired) electrons. The standard InChI is InChI=1S/C17H18O5/c1-21-16-10-13(18)6-3-11(16)4-7-14(19)12-5-8-15(20)17(9-12)22-2/h3-8,10,12,18,20H,9H2,1-2H3. The fourth-order valence-electron chi connectivity index (χ4n) is 2.19. The van der Waals surface area contributed by atoms with E-state index >= 15 is 0 Å². The Balaban J connectivity index is 2.12. The Morgan fingerprint density at radius 3 is 2.73 bits per heavy atom. The zero-order valence-electron chi connectivity index (χ0n) is 12.4. The molecule has 1 atom stereocenters. The molecule has 2 N–H and O–H groups in total. The van der Waals surface area contributed by atoms with Crippen LogP contribution in [0.1, 0.15) is 12.0 Å². The van der Waals surface area contributed by atoms with E-state index in [1.54, 1.807) is 18.2 Å². The minimum atomic E-state index is -0.370. The van der Waals surface area contributed by atoms with Gasteiger partial charge in [-0.3, -0.25) is 4.79 Å². The molecule has 0 amide bonds. The highest BCUT2D eigenvalue weighted by molar-refractivity contribution is 5.97. The summed E-state index contributed by atoms with van der Waals surface area (Å²) < 4.78 is 10.2. The van der Waals surface area contributed by atoms with E-state index in [-0.39, 0.29) is 23.2 Å². The van der Waals surface area contributed by atoms with Crippen LogP contribution in [0, 0.1) is 5.92 Å². The van der Waals surface area contributed by atoms with Crippen molar-refractivity contribution in [1.29, 1.82) is 0 Å². The number of carbonyl (C=O) groups is 1. The maximum Gasteiger partial charge on any atom is 0.163 e. The molecule has 0 spiro atoms. The number of allylic oxidation sites excluding steroid dienone is 4. The molecule has 5 heteroatoms. The second-order valence-electron chi connectivity index (χ2n) is 4.84. The molecular weight excluding hydrogens is 284 g/mol. The van der Waals surface area contributed by atoms with Crippen molar-refractivity contribution in [2.45, 2.75) is 6.42 Å². The lowest BCUT2D eigenvalue weighted by Crippen LogP contribution is -2.15. The summed E-state index contributed by atoms with van der Waals surface area (Å²) in [6, 6.07) is 4.67. The molecule has 5 nitrogen and oxygen atoms in total. The predicted molar refractivity (Wildman–Crippen MR) is 82.6 cm³/mol. The van der Waals surface area contributed by atoms with E-state index in [0.717, 1.165) is 0 Å². The van der Waals surface area contributed by atoms with Crippen molar-refractivity contribution in [2.24, 2.45) is 5.92 Å². The molecule has 0 saturated heterocycles. The number of aliphatic hydroxyl groups is 1. The minimum Gasteiger partial charge on any atom is -0.508 e. The summed E-state index contributed by atoms with van der Waals surface area (Å²) in [4.78, 5) is 12.2. The predicted octanol–water partition coefficient (Wildman–Crippen LogP) is 2.98. The second-order valence-corrected chi connectivity index (χ2v) is 4.84. The van der Waals surface area contributed by atoms with Gasteiger partial charge in [0.15, 0.2) is 11.5 Å². The Labute approximate surface area is 128 Å². The first-order chi connectivity index (χ1) is 10.5. The minimum absolute atomic E-state index is 0.0516. The lowest BCUT2D eigenvalue weighted by molar-refractivity contribution is -0.117. The van der Waals surface area contributed by atoms with E-state index in [0.29, 0.717) is 23.5 Å². The average Bonchev–Trinajstić information content (AvgIpc) is 2.53. The monoisotopic (exact) mass is 302 g/mol. The number of methoxy groups -OCH3 is 2. The normalized spacial score (nSPS) is 17.8. The van der Waals surface area contributed by atoms with Gasteiger partial charge in [0.1, 0.15) is 17.3 Å². The van der Waals surface area contributed by atoms with E-state index in [1.165, 1.54) is 38.5 Å². The van der Waals surface area contributed by atoms with Crippen molar-refractivity contribution in [2.75, 3.05) is 14.2 Å². The smallest absolute Gasteiger partial charge is 0.163 e. The number of rotatable bonds is 5. The first-order valence-corrected chi connectivity index (χ1v) is 6.78. The largest absolute Gasteiger partial charge is 0.508 e. The van der Waals surface area contributed by atoms with Crippen LogP contribution in [-0.2, 0) is 9.53 Å². The quantitative estimate of drug-likeness (QED) is 0.818. The fourth-order valence-corrected chi connectivity index (χ4v) is 2.19. The third-order valence-electron chi connectivity index (χ3n) is 3.43. The summed E-state index contributed by atoms with van der Waals surface area (Å²) in [7, 11) is 2.96. The topological polar surface area (TPSA) is 76.0 Å². The molecule has 0 fully saturated rings. The molecule has 116 valence electrons. The van der Waals surface area contributed by atoms with Crippen LogP contribution in [0.15, 0.2) is 47.9 Å². The molecule has 1 unspecified atom stereocenters. The maximum absolute atomic E-state index is 12.2. The van der Waals surface area contributed by atoms with Gasteiger partial charge in [-0.2, -0.15) is 0 Å². The number of ether oxygens (including phenoxy) is 2. The van der Waals surface area contributed by atoms with Crippen LogP contribution in [-0.4, -0.2) is 30.2 Å². The molecule has 0 bridgehead atoms. The lowest BCUT2D eigenvalue weighted by atomic mass is 9.93. The van der Waals surface area contributed by atoms with Gasteiger partial charge >= 0.3 is 0 Å². The molecule has 0 aromatic heterocycles. The van der Waals surface area contributed by atoms with E-state index < -0.39 is 0 Å². The molecule has 2 rings (SSSR count). The van der Waals surface area contributed by atoms with E-state index in [9.17, 15) is 15.0 Å². The Hall–Kier alpha value is -2.69. The molecule has 0 heterocycles. The molecule has 1 aliphatic rings. The number of phenols is 1. The zero-order chi connectivity index (χ0) is 16.1. The summed E-state index contributed by atoms with van der Waals surface area (Å²) >= 11 is 0. The highest BCUT2D eigenvalue weighted by Gasteiger charge is 2.21. The Bertz CT molecular complexity index is 655. The Morgan fingerprint density at radius 2 is 2.05 bits per heavy atom. The third-order valence-corrected chi connectivity index (χ3v) is 3.43. The number of carbonyl (C=O) groups excluding carboxylic acids is 1. The second kappa shape index (κ2) is 6.85. The van der Waals surface area contributed by atoms with Gasteiger partial charge in [-0.1, -0.05) is 6.08 Å². The maximum atomic E-state index is 12.2. The number of ketones is 1. The molecule has 1 aromatic rings. The van der Waals surface area contributed by atoms with Crippen LogP contribution < -0.4 is 4.74 Å². The first kappa shape index (κ1) is 15.7. The van der Waals surface area contributed by atoms with Gasteiger partial charge in [-0.15, -0.1) is 0 Å². The lowest BCUT2D eigenvalue weighted by Gasteiger charge is -2.16. The van der Waals surface area contributed by atoms with E-state index in [1.807, 2.05) is 0 Å². The number of aliphatic hydroxyl groups excluding tert-OH is 1. The highest BCUT2D eigenvalue weighted by Crippen LogP contribution is 2.26. The summed E-state index contributed by atoms with van der Waals surface area (Å²) in [5.74, 6) is 0.560. The summed E-state index contributed by atoms with van der Waals surface area (Å²) in [6.45, 7) is 0. The Morgan fingerprint density at radius 1 is 1.27 bits per heavy atom. The van der Waals surface area contributed by atoms with Crippen molar-refractivity contribution in [3.63, 3.8) is 0 Å². The zero-order valence-corrected chi connectivity index (χ0v) is 12.4. The van der Waals surface area contributed by atoms with Crippen LogP contribution in [0.4, 0.5) is 0 Å². The van der Waals surface area contributed by atoms with Gasteiger partial charge in [0.2, 0.25) is 0 Å². The number of hydrogen-bond donors (Lipinski definition) is 2. The number of phenolic OH excluding ortho intramolecular Hbond substituents is 1. The van der Waals surface area contributed by atoms with E-state index in [2.05, 4.69) is 0 Å². The van der Waals surface area contributed by atoms with Crippen molar-refractivity contribution in [3.05, 3.63) is 53.5 Å². The molecule has 1 aliphatic carbocycles. The van der Waals surface area contributed by atoms with Crippen LogP contribution in [0.2, 0.25) is 0 Å². The van der Waals surface area contributed by atoms with Gasteiger partial charge in [0, 0.05) is 24.0 Å². The van der Waals surface area contributed by atoms with Gasteiger partial charge in [0.25, 0.3) is 0 Å². The van der Waals surface area contributed by atoms with Crippen molar-refractivity contribution < 1.29 is 24.5 Å². The van der Waals surface area contributed by atoms with Crippen LogP contribution >= 0.6 is 0 Å². The third kappa shape index (κ3) is 3.49. The SMILES string of the molecule is COC1=C(O)C=CC(C(=O)C=Cc2ccc(O)cc2OC)C1. The number of aromatic hydroxyl groups is 1. The van der Waals surface area contributed by atoms with Gasteiger partial charge in [0.05, 0.1) is 14.2 Å². The van der Waals surface area contributed by atoms with Crippen molar-refractivity contribution in [3.8, 4) is 11.5 Å². The fraction of sp³-hybridized carbons (Fsp3) is 0.235. The van der Waals surface area contributed by atoms with Crippen LogP contribution in [0.25, 0.3) is 6.08 Å². The summed E-state index contributed by atoms with van der Waals surface area (Å²) in [5.41, 5.74) is 0.693. The van der Waals surface area contributed by atoms with Crippen LogP contribution in [0.3, 0.4) is 0 Å². The molecule has 22 heavy (non-hydrogen) atoms. The molecule has 0 saturated carbocycles. The van der Waals surface area contributed by atoms with E-state index in [4.69, 9.17) is 9.47 Å². The Kier molecular flexibility index (Phi) is 4.88. The highest BCUT2D eigenvalue weighted by atomic mass is 16.5. The van der Waals surface area contributed by atoms with Gasteiger partial charge < -0.3 is 19.7 Å². The first-order valence-electron chi connectivity index (χ1n) is 6.78. The summed E-state index contributed by atoms with van der Waals surface area (Å²) in [5, 5.41) is 19.0. The van der Waals surface area contributed by atoms with Crippen LogP contribution in [0.5, 0.6) is 11.5 Å². The molecular formula is C17H18O5. The number of hydrogen-bond acceptors (Lipinski definition) is 5. The van der Waals surface area contributed by atoms with Gasteiger partial charge in [-0.25, -0.2) is 0 Å². The van der Waals surface area contributed by atoms with Crippen molar-refractivity contribution >= 4 is 11.9 Å². The summed E-state index contributed by atoms with van der Waals surface area (Å²) in [6.07, 6.45) is 6.55. The number of benzene rings is 1. The molecule has 1 aromatic carbocycles. The van der Waals surface area contributed by atoms with Gasteiger partial charge in [-0.05, 0) is 30.4 Å².